The summed E-state index contributed by atoms with van der Waals surface area (Å²) in [5.41, 5.74) is -1.78. The molecule has 282 valence electrons. The number of nitrogens with one attached hydrogen (secondary N) is 4. The summed E-state index contributed by atoms with van der Waals surface area (Å²) in [5.74, 6) is 0.0788. The van der Waals surface area contributed by atoms with Gasteiger partial charge < -0.3 is 30.6 Å². The molecule has 1 aromatic heterocycles. The van der Waals surface area contributed by atoms with E-state index in [0.29, 0.717) is 23.8 Å². The fourth-order valence-corrected chi connectivity index (χ4v) is 9.01. The number of anilines is 1. The second-order valence-electron chi connectivity index (χ2n) is 15.9. The summed E-state index contributed by atoms with van der Waals surface area (Å²) in [6.45, 7) is 10.5. The zero-order valence-electron chi connectivity index (χ0n) is 30.5. The molecule has 3 saturated carbocycles. The van der Waals surface area contributed by atoms with Crippen molar-refractivity contribution in [1.29, 1.82) is 0 Å². The van der Waals surface area contributed by atoms with E-state index in [9.17, 15) is 27.6 Å². The normalized spacial score (nSPS) is 28.6. The number of benzene rings is 2. The monoisotopic (exact) mass is 734 g/mol. The van der Waals surface area contributed by atoms with Crippen LogP contribution < -0.4 is 26.8 Å². The number of hydrogen-bond acceptors (Lipinski definition) is 7. The minimum atomic E-state index is -4.52. The summed E-state index contributed by atoms with van der Waals surface area (Å²) >= 11 is 0. The van der Waals surface area contributed by atoms with Crippen molar-refractivity contribution in [3.63, 3.8) is 0 Å². The molecule has 1 saturated heterocycles. The molecular formula is C38H46BF3N6O5. The molecule has 4 fully saturated rings. The summed E-state index contributed by atoms with van der Waals surface area (Å²) in [4.78, 5) is 46.2. The van der Waals surface area contributed by atoms with Crippen molar-refractivity contribution in [3.8, 4) is 0 Å². The summed E-state index contributed by atoms with van der Waals surface area (Å²) in [6, 6.07) is 12.6. The highest BCUT2D eigenvalue weighted by Gasteiger charge is 2.68. The van der Waals surface area contributed by atoms with Crippen LogP contribution >= 0.6 is 0 Å². The predicted molar refractivity (Wildman–Crippen MR) is 192 cm³/mol. The predicted octanol–water partition coefficient (Wildman–Crippen LogP) is 5.70. The molecule has 0 spiro atoms. The van der Waals surface area contributed by atoms with Crippen LogP contribution in [0.15, 0.2) is 65.6 Å². The Morgan fingerprint density at radius 1 is 1.04 bits per heavy atom. The molecule has 3 heterocycles. The van der Waals surface area contributed by atoms with Crippen LogP contribution in [-0.4, -0.2) is 46.3 Å². The van der Waals surface area contributed by atoms with Gasteiger partial charge in [-0.1, -0.05) is 63.2 Å². The molecule has 2 bridgehead atoms. The third-order valence-electron chi connectivity index (χ3n) is 12.2. The molecule has 5 aliphatic rings. The Morgan fingerprint density at radius 3 is 2.47 bits per heavy atom. The van der Waals surface area contributed by atoms with Crippen molar-refractivity contribution < 1.29 is 32.1 Å². The van der Waals surface area contributed by atoms with E-state index in [1.54, 1.807) is 6.92 Å². The van der Waals surface area contributed by atoms with Crippen LogP contribution in [0.4, 0.5) is 23.7 Å². The average molecular weight is 735 g/mol. The lowest BCUT2D eigenvalue weighted by molar-refractivity contribution is -0.199. The number of hydrogen-bond donors (Lipinski definition) is 4. The van der Waals surface area contributed by atoms with Crippen LogP contribution in [0, 0.1) is 17.3 Å². The quantitative estimate of drug-likeness (QED) is 0.197. The Kier molecular flexibility index (Phi) is 9.41. The molecule has 0 unspecified atom stereocenters. The van der Waals surface area contributed by atoms with Crippen LogP contribution in [0.3, 0.4) is 0 Å². The minimum Gasteiger partial charge on any atom is -0.404 e. The van der Waals surface area contributed by atoms with Gasteiger partial charge in [-0.25, -0.2) is 9.78 Å². The largest absolute Gasteiger partial charge is 0.481 e. The maximum Gasteiger partial charge on any atom is 0.481 e. The van der Waals surface area contributed by atoms with Crippen molar-refractivity contribution >= 4 is 24.7 Å². The van der Waals surface area contributed by atoms with Gasteiger partial charge in [0.2, 0.25) is 5.91 Å². The maximum atomic E-state index is 14.3. The summed E-state index contributed by atoms with van der Waals surface area (Å²) in [7, 11) is -0.682. The van der Waals surface area contributed by atoms with Gasteiger partial charge in [0.05, 0.1) is 34.9 Å². The van der Waals surface area contributed by atoms with Crippen LogP contribution in [0.1, 0.15) is 88.9 Å². The fraction of sp³-hybridized carbons (Fsp3) is 0.526. The molecular weight excluding hydrogens is 688 g/mol. The highest BCUT2D eigenvalue weighted by Crippen LogP contribution is 2.65. The zero-order chi connectivity index (χ0) is 37.9. The molecule has 53 heavy (non-hydrogen) atoms. The molecule has 7 atom stereocenters. The number of carbonyl (C=O) groups excluding carboxylic acids is 2. The van der Waals surface area contributed by atoms with Crippen molar-refractivity contribution in [2.24, 2.45) is 17.3 Å². The summed E-state index contributed by atoms with van der Waals surface area (Å²) in [5, 5.41) is 11.8. The van der Waals surface area contributed by atoms with Gasteiger partial charge in [-0.3, -0.25) is 14.2 Å². The van der Waals surface area contributed by atoms with Crippen molar-refractivity contribution in [3.05, 3.63) is 93.7 Å². The number of alkyl halides is 3. The van der Waals surface area contributed by atoms with Crippen LogP contribution in [-0.2, 0) is 38.9 Å². The third kappa shape index (κ3) is 6.71. The highest BCUT2D eigenvalue weighted by atomic mass is 19.4. The summed E-state index contributed by atoms with van der Waals surface area (Å²) in [6.07, 6.45) is -0.826. The van der Waals surface area contributed by atoms with Crippen LogP contribution in [0.2, 0.25) is 0 Å². The Labute approximate surface area is 307 Å². The van der Waals surface area contributed by atoms with Gasteiger partial charge in [0.1, 0.15) is 17.6 Å². The third-order valence-corrected chi connectivity index (χ3v) is 12.2. The number of urea groups is 1. The molecule has 3 aromatic rings. The first-order valence-corrected chi connectivity index (χ1v) is 18.3. The Hall–Kier alpha value is -4.37. The van der Waals surface area contributed by atoms with Crippen LogP contribution in [0.25, 0.3) is 0 Å². The Bertz CT molecular complexity index is 1940. The number of aromatic nitrogens is 2. The Morgan fingerprint density at radius 2 is 1.77 bits per heavy atom. The van der Waals surface area contributed by atoms with E-state index < -0.39 is 59.5 Å². The topological polar surface area (TPSA) is 136 Å². The van der Waals surface area contributed by atoms with Crippen molar-refractivity contribution in [2.45, 2.75) is 109 Å². The van der Waals surface area contributed by atoms with Crippen molar-refractivity contribution in [1.82, 2.24) is 25.5 Å². The number of halogens is 3. The van der Waals surface area contributed by atoms with Gasteiger partial charge in [0, 0.05) is 19.5 Å². The highest BCUT2D eigenvalue weighted by molar-refractivity contribution is 6.47. The molecule has 3 amide bonds. The first-order valence-electron chi connectivity index (χ1n) is 18.3. The number of fused-ring (bicyclic) bond motifs is 1. The maximum absolute atomic E-state index is 14.3. The molecule has 0 radical (unpaired) electrons. The number of rotatable bonds is 10. The van der Waals surface area contributed by atoms with Gasteiger partial charge in [-0.05, 0) is 73.6 Å². The average Bonchev–Trinajstić information content (AvgIpc) is 3.63. The molecule has 11 nitrogen and oxygen atoms in total. The van der Waals surface area contributed by atoms with Gasteiger partial charge >= 0.3 is 19.3 Å². The van der Waals surface area contributed by atoms with E-state index in [0.717, 1.165) is 30.5 Å². The number of carbonyl (C=O) groups is 2. The van der Waals surface area contributed by atoms with Gasteiger partial charge in [0.25, 0.3) is 5.56 Å². The van der Waals surface area contributed by atoms with E-state index >= 15 is 0 Å². The lowest BCUT2D eigenvalue weighted by Gasteiger charge is -2.64. The minimum absolute atomic E-state index is 0.00477. The van der Waals surface area contributed by atoms with E-state index in [2.05, 4.69) is 47.0 Å². The van der Waals surface area contributed by atoms with Gasteiger partial charge in [0.15, 0.2) is 0 Å². The first-order chi connectivity index (χ1) is 25.0. The van der Waals surface area contributed by atoms with Crippen LogP contribution in [0.5, 0.6) is 0 Å². The van der Waals surface area contributed by atoms with E-state index in [-0.39, 0.29) is 42.5 Å². The molecule has 2 aliphatic heterocycles. The van der Waals surface area contributed by atoms with Crippen molar-refractivity contribution in [2.75, 3.05) is 5.32 Å². The second-order valence-corrected chi connectivity index (χ2v) is 15.9. The molecule has 15 heteroatoms. The zero-order valence-corrected chi connectivity index (χ0v) is 30.5. The molecule has 8 rings (SSSR count). The molecule has 3 aliphatic carbocycles. The van der Waals surface area contributed by atoms with E-state index in [4.69, 9.17) is 9.31 Å². The SMILES string of the molecule is CC[C@H](NC(=O)[C@@H]1C[C@@](C)(NC(=O)NCc2ccccc2)c2ncc(NCc3cccc(C(F)(F)F)c3)c(=O)n21)B1O[C@@H]2C[C@@H]3C[C@@H](C3(C)C)[C@]2(C)O1. The molecule has 4 N–H and O–H groups in total. The van der Waals surface area contributed by atoms with E-state index in [1.165, 1.54) is 22.9 Å². The fourth-order valence-electron chi connectivity index (χ4n) is 9.01. The summed E-state index contributed by atoms with van der Waals surface area (Å²) < 4.78 is 54.5. The van der Waals surface area contributed by atoms with Gasteiger partial charge in [-0.2, -0.15) is 13.2 Å². The Balaban J connectivity index is 1.13. The smallest absolute Gasteiger partial charge is 0.404 e. The first kappa shape index (κ1) is 37.0. The lowest BCUT2D eigenvalue weighted by Crippen LogP contribution is -2.65. The van der Waals surface area contributed by atoms with E-state index in [1.807, 2.05) is 37.3 Å². The standard InChI is InChI=1S/C38H46BF3N6O5/c1-6-30(39-52-29-17-25-16-28(35(25,2)3)37(29,5)53-39)46-31(49)27-18-36(4,47-34(51)45-19-22-11-8-7-9-12-22)33-44-21-26(32(50)48(27)33)43-20-23-13-10-14-24(15-23)38(40,41)42/h7-15,21,25,27-30,43H,6,16-20H2,1-5H3,(H,46,49)(H2,45,47,51)/t25-,27-,28-,29+,30-,36+,37-/m0/s1. The lowest BCUT2D eigenvalue weighted by atomic mass is 9.43. The molecule has 2 aromatic carbocycles. The van der Waals surface area contributed by atoms with Gasteiger partial charge in [-0.15, -0.1) is 0 Å². The second kappa shape index (κ2) is 13.5. The number of nitrogens with zero attached hydrogens (tertiary/aromatic N) is 2. The number of amides is 3.